The molecule has 1 aliphatic rings. The third-order valence-electron chi connectivity index (χ3n) is 3.85. The van der Waals surface area contributed by atoms with Crippen LogP contribution in [0.25, 0.3) is 0 Å². The van der Waals surface area contributed by atoms with Gasteiger partial charge in [0.05, 0.1) is 17.1 Å². The molecule has 26 heavy (non-hydrogen) atoms. The maximum Gasteiger partial charge on any atom is 0.129 e. The fourth-order valence-corrected chi connectivity index (χ4v) is 3.90. The van der Waals surface area contributed by atoms with E-state index in [2.05, 4.69) is 0 Å². The number of aliphatic hydroxyl groups is 2. The van der Waals surface area contributed by atoms with Crippen LogP contribution in [0.4, 0.5) is 0 Å². The Morgan fingerprint density at radius 1 is 1.23 bits per heavy atom. The summed E-state index contributed by atoms with van der Waals surface area (Å²) in [4.78, 5) is 0.446. The second-order valence-electron chi connectivity index (χ2n) is 5.83. The van der Waals surface area contributed by atoms with E-state index in [-0.39, 0.29) is 18.9 Å². The number of phenolic OH excluding ortho intramolecular Hbond substituents is 1. The average molecular weight is 395 g/mol. The number of phenols is 1. The number of benzene rings is 2. The number of hydrogen-bond donors (Lipinski definition) is 3. The Morgan fingerprint density at radius 2 is 1.88 bits per heavy atom. The molecule has 0 bridgehead atoms. The van der Waals surface area contributed by atoms with Gasteiger partial charge in [0.2, 0.25) is 0 Å². The first kappa shape index (κ1) is 20.4. The highest BCUT2D eigenvalue weighted by atomic mass is 35.5. The molecular weight excluding hydrogens is 376 g/mol. The van der Waals surface area contributed by atoms with Crippen molar-refractivity contribution in [2.24, 2.45) is 0 Å². The van der Waals surface area contributed by atoms with Crippen molar-refractivity contribution in [3.8, 4) is 11.8 Å². The smallest absolute Gasteiger partial charge is 0.129 e. The van der Waals surface area contributed by atoms with E-state index in [4.69, 9.17) is 27.1 Å². The quantitative estimate of drug-likeness (QED) is 0.739. The Hall–Kier alpha value is -1.95. The zero-order valence-corrected chi connectivity index (χ0v) is 15.5. The van der Waals surface area contributed by atoms with E-state index >= 15 is 0 Å². The second-order valence-corrected chi connectivity index (χ2v) is 7.72. The molecule has 8 heteroatoms. The van der Waals surface area contributed by atoms with E-state index in [1.807, 2.05) is 6.07 Å². The number of aliphatic hydroxyl groups excluding tert-OH is 1. The van der Waals surface area contributed by atoms with Crippen LogP contribution in [0.3, 0.4) is 0 Å². The Bertz CT molecular complexity index is 789. The standard InChI is InChI=1S/C12H14N2O3S.C6H5ClO/c13-7-10-3-1-2-4-11(10)18(17)14-6-5-12(16,8-14)9-15;7-5-1-3-6(8)4-2-5/h1-4,15-16H,5-6,8-9H2;1-4,8H. The summed E-state index contributed by atoms with van der Waals surface area (Å²) in [7, 11) is -1.48. The molecule has 1 heterocycles. The van der Waals surface area contributed by atoms with E-state index < -0.39 is 16.6 Å². The lowest BCUT2D eigenvalue weighted by Crippen LogP contribution is -2.37. The van der Waals surface area contributed by atoms with Gasteiger partial charge in [-0.15, -0.1) is 0 Å². The molecule has 2 aromatic carbocycles. The lowest BCUT2D eigenvalue weighted by molar-refractivity contribution is -0.000503. The van der Waals surface area contributed by atoms with E-state index in [9.17, 15) is 9.32 Å². The van der Waals surface area contributed by atoms with Crippen molar-refractivity contribution >= 4 is 22.6 Å². The van der Waals surface area contributed by atoms with Gasteiger partial charge >= 0.3 is 0 Å². The fourth-order valence-electron chi connectivity index (χ4n) is 2.38. The number of hydrogen-bond acceptors (Lipinski definition) is 5. The SMILES string of the molecule is N#Cc1ccccc1S(=O)N1CCC(O)(CO)C1.Oc1ccc(Cl)cc1. The largest absolute Gasteiger partial charge is 0.508 e. The molecule has 1 fully saturated rings. The van der Waals surface area contributed by atoms with Gasteiger partial charge in [-0.2, -0.15) is 5.26 Å². The van der Waals surface area contributed by atoms with Crippen LogP contribution in [0.15, 0.2) is 53.4 Å². The first-order chi connectivity index (χ1) is 12.4. The maximum atomic E-state index is 12.3. The van der Waals surface area contributed by atoms with Crippen LogP contribution >= 0.6 is 11.6 Å². The summed E-state index contributed by atoms with van der Waals surface area (Å²) in [6.45, 7) is 0.236. The van der Waals surface area contributed by atoms with E-state index in [0.717, 1.165) is 0 Å². The van der Waals surface area contributed by atoms with Crippen molar-refractivity contribution in [3.05, 3.63) is 59.1 Å². The van der Waals surface area contributed by atoms with Crippen molar-refractivity contribution in [2.45, 2.75) is 16.9 Å². The number of β-amino-alcohol motifs (C(OH)–C–C–N with tert-alkyl or cyclic N) is 1. The Labute approximate surface area is 159 Å². The van der Waals surface area contributed by atoms with Gasteiger partial charge in [0.1, 0.15) is 28.4 Å². The first-order valence-corrected chi connectivity index (χ1v) is 9.31. The molecule has 0 aromatic heterocycles. The maximum absolute atomic E-state index is 12.3. The van der Waals surface area contributed by atoms with Gasteiger partial charge in [0.25, 0.3) is 0 Å². The lowest BCUT2D eigenvalue weighted by Gasteiger charge is -2.20. The number of aromatic hydroxyl groups is 1. The van der Waals surface area contributed by atoms with Crippen LogP contribution in [0.2, 0.25) is 5.02 Å². The zero-order chi connectivity index (χ0) is 19.2. The van der Waals surface area contributed by atoms with Gasteiger partial charge < -0.3 is 15.3 Å². The summed E-state index contributed by atoms with van der Waals surface area (Å²) in [6.07, 6.45) is 0.379. The summed E-state index contributed by atoms with van der Waals surface area (Å²) in [6, 6.07) is 15.1. The van der Waals surface area contributed by atoms with Crippen molar-refractivity contribution in [3.63, 3.8) is 0 Å². The number of nitriles is 1. The highest BCUT2D eigenvalue weighted by Gasteiger charge is 2.38. The minimum Gasteiger partial charge on any atom is -0.508 e. The third-order valence-corrected chi connectivity index (χ3v) is 5.61. The van der Waals surface area contributed by atoms with E-state index in [1.54, 1.807) is 52.8 Å². The molecule has 0 aliphatic carbocycles. The topological polar surface area (TPSA) is 105 Å². The van der Waals surface area contributed by atoms with Gasteiger partial charge in [0.15, 0.2) is 0 Å². The van der Waals surface area contributed by atoms with Crippen LogP contribution in [-0.2, 0) is 11.0 Å². The first-order valence-electron chi connectivity index (χ1n) is 7.82. The number of nitrogens with zero attached hydrogens (tertiary/aromatic N) is 2. The normalized spacial score (nSPS) is 20.7. The summed E-state index contributed by atoms with van der Waals surface area (Å²) in [5, 5.41) is 37.3. The summed E-state index contributed by atoms with van der Waals surface area (Å²) < 4.78 is 13.9. The van der Waals surface area contributed by atoms with E-state index in [1.165, 1.54) is 0 Å². The predicted octanol–water partition coefficient (Wildman–Crippen LogP) is 2.06. The Balaban J connectivity index is 0.000000254. The molecule has 0 radical (unpaired) electrons. The number of rotatable bonds is 3. The van der Waals surface area contributed by atoms with Gasteiger partial charge in [-0.25, -0.2) is 8.51 Å². The third kappa shape index (κ3) is 5.27. The van der Waals surface area contributed by atoms with Gasteiger partial charge in [0, 0.05) is 18.1 Å². The second kappa shape index (κ2) is 9.12. The van der Waals surface area contributed by atoms with Crippen LogP contribution in [0.5, 0.6) is 5.75 Å². The highest BCUT2D eigenvalue weighted by Crippen LogP contribution is 2.25. The van der Waals surface area contributed by atoms with Crippen LogP contribution in [-0.4, -0.2) is 49.1 Å². The summed E-state index contributed by atoms with van der Waals surface area (Å²) in [5.74, 6) is 0.245. The number of halogens is 1. The average Bonchev–Trinajstić information content (AvgIpc) is 3.07. The molecule has 3 N–H and O–H groups in total. The molecule has 2 unspecified atom stereocenters. The molecule has 0 amide bonds. The monoisotopic (exact) mass is 394 g/mol. The van der Waals surface area contributed by atoms with Crippen molar-refractivity contribution < 1.29 is 19.5 Å². The Kier molecular flexibility index (Phi) is 7.14. The van der Waals surface area contributed by atoms with Gasteiger partial charge in [-0.05, 0) is 42.8 Å². The minimum atomic E-state index is -1.48. The van der Waals surface area contributed by atoms with Gasteiger partial charge in [-0.1, -0.05) is 23.7 Å². The van der Waals surface area contributed by atoms with Gasteiger partial charge in [-0.3, -0.25) is 0 Å². The zero-order valence-electron chi connectivity index (χ0n) is 13.9. The van der Waals surface area contributed by atoms with E-state index in [0.29, 0.717) is 28.4 Å². The minimum absolute atomic E-state index is 0.149. The molecule has 2 aromatic rings. The molecular formula is C18H19ClN2O4S. The lowest BCUT2D eigenvalue weighted by atomic mass is 10.1. The fraction of sp³-hybridized carbons (Fsp3) is 0.278. The molecule has 6 nitrogen and oxygen atoms in total. The van der Waals surface area contributed by atoms with Crippen LogP contribution < -0.4 is 0 Å². The van der Waals surface area contributed by atoms with Crippen molar-refractivity contribution in [1.29, 1.82) is 5.26 Å². The van der Waals surface area contributed by atoms with Crippen LogP contribution in [0.1, 0.15) is 12.0 Å². The molecule has 0 saturated carbocycles. The van der Waals surface area contributed by atoms with Crippen LogP contribution in [0, 0.1) is 11.3 Å². The molecule has 0 spiro atoms. The van der Waals surface area contributed by atoms with Crippen molar-refractivity contribution in [2.75, 3.05) is 19.7 Å². The predicted molar refractivity (Wildman–Crippen MR) is 98.9 cm³/mol. The highest BCUT2D eigenvalue weighted by molar-refractivity contribution is 7.82. The molecule has 1 aliphatic heterocycles. The van der Waals surface area contributed by atoms with Crippen molar-refractivity contribution in [1.82, 2.24) is 4.31 Å². The summed E-state index contributed by atoms with van der Waals surface area (Å²) >= 11 is 5.50. The molecule has 3 rings (SSSR count). The molecule has 138 valence electrons. The summed E-state index contributed by atoms with van der Waals surface area (Å²) in [5.41, 5.74) is -0.813. The Morgan fingerprint density at radius 3 is 2.42 bits per heavy atom. The molecule has 1 saturated heterocycles. The molecule has 2 atom stereocenters.